The summed E-state index contributed by atoms with van der Waals surface area (Å²) in [5, 5.41) is 3.39. The molecule has 1 aromatic carbocycles. The Kier molecular flexibility index (Phi) is 6.04. The molecule has 0 aliphatic heterocycles. The quantitative estimate of drug-likeness (QED) is 0.839. The van der Waals surface area contributed by atoms with Gasteiger partial charge in [-0.05, 0) is 30.4 Å². The highest BCUT2D eigenvalue weighted by atomic mass is 19.1. The SMILES string of the molecule is CC(C)NCc1cccc(F)c1N(C)CC1CCCCC1. The van der Waals surface area contributed by atoms with Gasteiger partial charge in [0.1, 0.15) is 5.82 Å². The minimum Gasteiger partial charge on any atom is -0.372 e. The van der Waals surface area contributed by atoms with Gasteiger partial charge >= 0.3 is 0 Å². The lowest BCUT2D eigenvalue weighted by Gasteiger charge is -2.30. The molecule has 1 saturated carbocycles. The van der Waals surface area contributed by atoms with Crippen LogP contribution in [0.1, 0.15) is 51.5 Å². The first kappa shape index (κ1) is 16.3. The Bertz CT molecular complexity index is 439. The molecule has 0 amide bonds. The van der Waals surface area contributed by atoms with Crippen LogP contribution in [0.15, 0.2) is 18.2 Å². The molecule has 0 atom stereocenters. The summed E-state index contributed by atoms with van der Waals surface area (Å²) in [5.74, 6) is 0.616. The molecule has 0 saturated heterocycles. The topological polar surface area (TPSA) is 15.3 Å². The fourth-order valence-electron chi connectivity index (χ4n) is 3.29. The van der Waals surface area contributed by atoms with Crippen molar-refractivity contribution in [2.45, 2.75) is 58.5 Å². The van der Waals surface area contributed by atoms with E-state index < -0.39 is 0 Å². The molecule has 1 aliphatic rings. The van der Waals surface area contributed by atoms with Crippen molar-refractivity contribution in [2.75, 3.05) is 18.5 Å². The molecule has 0 radical (unpaired) electrons. The molecule has 1 N–H and O–H groups in total. The normalized spacial score (nSPS) is 16.4. The number of rotatable bonds is 6. The maximum Gasteiger partial charge on any atom is 0.146 e. The van der Waals surface area contributed by atoms with Gasteiger partial charge in [-0.3, -0.25) is 0 Å². The molecular formula is C18H29FN2. The number of halogens is 1. The first-order valence-corrected chi connectivity index (χ1v) is 8.30. The largest absolute Gasteiger partial charge is 0.372 e. The average molecular weight is 292 g/mol. The third-order valence-electron chi connectivity index (χ3n) is 4.41. The minimum absolute atomic E-state index is 0.101. The van der Waals surface area contributed by atoms with Gasteiger partial charge in [-0.1, -0.05) is 45.2 Å². The number of benzene rings is 1. The van der Waals surface area contributed by atoms with Crippen LogP contribution in [0.5, 0.6) is 0 Å². The minimum atomic E-state index is -0.101. The lowest BCUT2D eigenvalue weighted by Crippen LogP contribution is -2.30. The Morgan fingerprint density at radius 1 is 1.24 bits per heavy atom. The van der Waals surface area contributed by atoms with Crippen molar-refractivity contribution in [1.82, 2.24) is 5.32 Å². The highest BCUT2D eigenvalue weighted by molar-refractivity contribution is 5.54. The molecule has 0 spiro atoms. The van der Waals surface area contributed by atoms with Crippen LogP contribution in [0.2, 0.25) is 0 Å². The Morgan fingerprint density at radius 2 is 1.95 bits per heavy atom. The van der Waals surface area contributed by atoms with Gasteiger partial charge in [-0.15, -0.1) is 0 Å². The van der Waals surface area contributed by atoms with Crippen LogP contribution < -0.4 is 10.2 Å². The molecule has 0 unspecified atom stereocenters. The van der Waals surface area contributed by atoms with Crippen LogP contribution in [-0.2, 0) is 6.54 Å². The summed E-state index contributed by atoms with van der Waals surface area (Å²) in [4.78, 5) is 2.13. The van der Waals surface area contributed by atoms with E-state index in [4.69, 9.17) is 0 Å². The van der Waals surface area contributed by atoms with Gasteiger partial charge in [-0.2, -0.15) is 0 Å². The van der Waals surface area contributed by atoms with Gasteiger partial charge in [0.2, 0.25) is 0 Å². The van der Waals surface area contributed by atoms with E-state index in [0.29, 0.717) is 12.0 Å². The van der Waals surface area contributed by atoms with Crippen molar-refractivity contribution >= 4 is 5.69 Å². The first-order valence-electron chi connectivity index (χ1n) is 8.30. The molecule has 0 heterocycles. The second-order valence-electron chi connectivity index (χ2n) is 6.67. The third-order valence-corrected chi connectivity index (χ3v) is 4.41. The second-order valence-corrected chi connectivity index (χ2v) is 6.67. The average Bonchev–Trinajstić information content (AvgIpc) is 2.46. The van der Waals surface area contributed by atoms with Crippen molar-refractivity contribution in [1.29, 1.82) is 0 Å². The van der Waals surface area contributed by atoms with Crippen LogP contribution in [0.3, 0.4) is 0 Å². The summed E-state index contributed by atoms with van der Waals surface area (Å²) >= 11 is 0. The highest BCUT2D eigenvalue weighted by Gasteiger charge is 2.19. The van der Waals surface area contributed by atoms with Gasteiger partial charge in [-0.25, -0.2) is 4.39 Å². The van der Waals surface area contributed by atoms with E-state index in [1.807, 2.05) is 19.2 Å². The predicted molar refractivity (Wildman–Crippen MR) is 88.2 cm³/mol. The van der Waals surface area contributed by atoms with E-state index in [1.165, 1.54) is 32.1 Å². The fraction of sp³-hybridized carbons (Fsp3) is 0.667. The maximum atomic E-state index is 14.3. The van der Waals surface area contributed by atoms with Gasteiger partial charge < -0.3 is 10.2 Å². The smallest absolute Gasteiger partial charge is 0.146 e. The summed E-state index contributed by atoms with van der Waals surface area (Å²) in [6, 6.07) is 5.83. The van der Waals surface area contributed by atoms with E-state index in [1.54, 1.807) is 6.07 Å². The third kappa shape index (κ3) is 4.70. The Balaban J connectivity index is 2.08. The molecule has 1 aliphatic carbocycles. The fourth-order valence-corrected chi connectivity index (χ4v) is 3.29. The zero-order chi connectivity index (χ0) is 15.2. The molecule has 0 aromatic heterocycles. The van der Waals surface area contributed by atoms with Gasteiger partial charge in [0.25, 0.3) is 0 Å². The summed E-state index contributed by atoms with van der Waals surface area (Å²) in [5.41, 5.74) is 1.83. The van der Waals surface area contributed by atoms with E-state index in [9.17, 15) is 4.39 Å². The number of nitrogens with zero attached hydrogens (tertiary/aromatic N) is 1. The van der Waals surface area contributed by atoms with Crippen molar-refractivity contribution in [2.24, 2.45) is 5.92 Å². The molecule has 2 nitrogen and oxygen atoms in total. The van der Waals surface area contributed by atoms with Gasteiger partial charge in [0, 0.05) is 26.2 Å². The van der Waals surface area contributed by atoms with Crippen molar-refractivity contribution in [3.05, 3.63) is 29.6 Å². The second kappa shape index (κ2) is 7.79. The summed E-state index contributed by atoms with van der Waals surface area (Å²) < 4.78 is 14.3. The molecular weight excluding hydrogens is 263 g/mol. The van der Waals surface area contributed by atoms with Crippen molar-refractivity contribution in [3.8, 4) is 0 Å². The van der Waals surface area contributed by atoms with Crippen LogP contribution in [-0.4, -0.2) is 19.6 Å². The molecule has 1 fully saturated rings. The van der Waals surface area contributed by atoms with Crippen molar-refractivity contribution in [3.63, 3.8) is 0 Å². The molecule has 2 rings (SSSR count). The Labute approximate surface area is 128 Å². The lowest BCUT2D eigenvalue weighted by molar-refractivity contribution is 0.361. The zero-order valence-electron chi connectivity index (χ0n) is 13.7. The molecule has 1 aromatic rings. The van der Waals surface area contributed by atoms with Crippen LogP contribution >= 0.6 is 0 Å². The summed E-state index contributed by atoms with van der Waals surface area (Å²) in [6.45, 7) is 5.92. The summed E-state index contributed by atoms with van der Waals surface area (Å²) in [6.07, 6.45) is 6.61. The molecule has 118 valence electrons. The standard InChI is InChI=1S/C18H29FN2/c1-14(2)20-12-16-10-7-11-17(19)18(16)21(3)13-15-8-5-4-6-9-15/h7,10-11,14-15,20H,4-6,8-9,12-13H2,1-3H3. The van der Waals surface area contributed by atoms with Gasteiger partial charge in [0.15, 0.2) is 0 Å². The molecule has 3 heteroatoms. The van der Waals surface area contributed by atoms with E-state index >= 15 is 0 Å². The van der Waals surface area contributed by atoms with E-state index in [0.717, 1.165) is 24.3 Å². The number of anilines is 1. The van der Waals surface area contributed by atoms with Crippen LogP contribution in [0, 0.1) is 11.7 Å². The Morgan fingerprint density at radius 3 is 2.62 bits per heavy atom. The number of hydrogen-bond donors (Lipinski definition) is 1. The molecule has 21 heavy (non-hydrogen) atoms. The predicted octanol–water partition coefficient (Wildman–Crippen LogP) is 4.34. The highest BCUT2D eigenvalue weighted by Crippen LogP contribution is 2.29. The zero-order valence-corrected chi connectivity index (χ0v) is 13.7. The number of hydrogen-bond acceptors (Lipinski definition) is 2. The van der Waals surface area contributed by atoms with Crippen LogP contribution in [0.4, 0.5) is 10.1 Å². The van der Waals surface area contributed by atoms with E-state index in [2.05, 4.69) is 24.1 Å². The summed E-state index contributed by atoms with van der Waals surface area (Å²) in [7, 11) is 2.03. The Hall–Kier alpha value is -1.09. The van der Waals surface area contributed by atoms with E-state index in [-0.39, 0.29) is 5.82 Å². The van der Waals surface area contributed by atoms with Crippen molar-refractivity contribution < 1.29 is 4.39 Å². The van der Waals surface area contributed by atoms with Gasteiger partial charge in [0.05, 0.1) is 5.69 Å². The first-order chi connectivity index (χ1) is 10.1. The number of para-hydroxylation sites is 1. The number of nitrogens with one attached hydrogen (secondary N) is 1. The molecule has 0 bridgehead atoms. The maximum absolute atomic E-state index is 14.3. The van der Waals surface area contributed by atoms with Crippen LogP contribution in [0.25, 0.3) is 0 Å². The monoisotopic (exact) mass is 292 g/mol. The lowest BCUT2D eigenvalue weighted by atomic mass is 9.89.